The fourth-order valence-corrected chi connectivity index (χ4v) is 3.40. The number of benzene rings is 3. The van der Waals surface area contributed by atoms with E-state index >= 15 is 0 Å². The normalized spacial score (nSPS) is 10.7. The molecule has 0 bridgehead atoms. The molecule has 6 heteroatoms. The molecule has 0 saturated carbocycles. The summed E-state index contributed by atoms with van der Waals surface area (Å²) in [7, 11) is 1.60. The number of hydrogen-bond acceptors (Lipinski definition) is 3. The van der Waals surface area contributed by atoms with E-state index in [2.05, 4.69) is 17.4 Å². The van der Waals surface area contributed by atoms with Crippen LogP contribution in [0.2, 0.25) is 15.1 Å². The maximum Gasteiger partial charge on any atom is 0.163 e. The smallest absolute Gasteiger partial charge is 0.163 e. The molecule has 28 heavy (non-hydrogen) atoms. The van der Waals surface area contributed by atoms with Gasteiger partial charge in [0.1, 0.15) is 6.61 Å². The largest absolute Gasteiger partial charge is 0.493 e. The quantitative estimate of drug-likeness (QED) is 0.436. The molecule has 3 rings (SSSR count). The summed E-state index contributed by atoms with van der Waals surface area (Å²) in [6.45, 7) is 1.66. The minimum atomic E-state index is 0.286. The molecule has 0 amide bonds. The molecule has 0 aliphatic heterocycles. The number of ether oxygens (including phenoxy) is 2. The fraction of sp³-hybridized carbons (Fsp3) is 0.182. The van der Waals surface area contributed by atoms with E-state index in [1.807, 2.05) is 30.3 Å². The van der Waals surface area contributed by atoms with Crippen molar-refractivity contribution in [2.45, 2.75) is 19.7 Å². The molecular formula is C22H20Cl3NO2. The highest BCUT2D eigenvalue weighted by molar-refractivity contribution is 6.35. The van der Waals surface area contributed by atoms with Gasteiger partial charge in [0.15, 0.2) is 11.5 Å². The van der Waals surface area contributed by atoms with E-state index in [9.17, 15) is 0 Å². The van der Waals surface area contributed by atoms with Crippen molar-refractivity contribution in [3.05, 3.63) is 92.4 Å². The van der Waals surface area contributed by atoms with Crippen LogP contribution in [0.5, 0.6) is 11.5 Å². The van der Waals surface area contributed by atoms with E-state index in [-0.39, 0.29) is 6.61 Å². The Balaban J connectivity index is 1.66. The summed E-state index contributed by atoms with van der Waals surface area (Å²) in [6.07, 6.45) is 0. The predicted octanol–water partition coefficient (Wildman–Crippen LogP) is 6.52. The van der Waals surface area contributed by atoms with Crippen molar-refractivity contribution in [2.75, 3.05) is 7.11 Å². The highest BCUT2D eigenvalue weighted by Crippen LogP contribution is 2.34. The van der Waals surface area contributed by atoms with Gasteiger partial charge >= 0.3 is 0 Å². The number of rotatable bonds is 8. The van der Waals surface area contributed by atoms with Gasteiger partial charge in [0.2, 0.25) is 0 Å². The molecule has 0 radical (unpaired) electrons. The Kier molecular flexibility index (Phi) is 7.46. The van der Waals surface area contributed by atoms with Crippen LogP contribution in [-0.4, -0.2) is 7.11 Å². The summed E-state index contributed by atoms with van der Waals surface area (Å²) < 4.78 is 11.4. The van der Waals surface area contributed by atoms with Crippen LogP contribution in [0.15, 0.2) is 60.7 Å². The zero-order chi connectivity index (χ0) is 19.9. The molecule has 0 aliphatic carbocycles. The molecule has 0 saturated heterocycles. The van der Waals surface area contributed by atoms with E-state index in [4.69, 9.17) is 44.3 Å². The van der Waals surface area contributed by atoms with Gasteiger partial charge in [-0.25, -0.2) is 0 Å². The van der Waals surface area contributed by atoms with Gasteiger partial charge < -0.3 is 14.8 Å². The maximum atomic E-state index is 6.45. The van der Waals surface area contributed by atoms with Crippen molar-refractivity contribution in [1.82, 2.24) is 5.32 Å². The molecular weight excluding hydrogens is 417 g/mol. The second-order valence-corrected chi connectivity index (χ2v) is 7.46. The third-order valence-electron chi connectivity index (χ3n) is 4.22. The van der Waals surface area contributed by atoms with Gasteiger partial charge in [0.05, 0.1) is 7.11 Å². The monoisotopic (exact) mass is 435 g/mol. The van der Waals surface area contributed by atoms with E-state index in [1.54, 1.807) is 25.3 Å². The Labute approximate surface area is 180 Å². The van der Waals surface area contributed by atoms with Crippen LogP contribution in [0.25, 0.3) is 0 Å². The molecule has 0 fully saturated rings. The lowest BCUT2D eigenvalue weighted by molar-refractivity contribution is 0.284. The lowest BCUT2D eigenvalue weighted by Crippen LogP contribution is -2.13. The van der Waals surface area contributed by atoms with E-state index in [1.165, 1.54) is 5.56 Å². The molecule has 146 valence electrons. The Morgan fingerprint density at radius 2 is 1.54 bits per heavy atom. The first-order valence-corrected chi connectivity index (χ1v) is 9.88. The number of methoxy groups -OCH3 is 1. The first-order chi connectivity index (χ1) is 13.6. The van der Waals surface area contributed by atoms with Gasteiger partial charge in [-0.2, -0.15) is 0 Å². The summed E-state index contributed by atoms with van der Waals surface area (Å²) >= 11 is 18.6. The van der Waals surface area contributed by atoms with Crippen LogP contribution in [0.4, 0.5) is 0 Å². The molecule has 1 N–H and O–H groups in total. The number of nitrogens with one attached hydrogen (secondary N) is 1. The van der Waals surface area contributed by atoms with Crippen molar-refractivity contribution in [1.29, 1.82) is 0 Å². The zero-order valence-electron chi connectivity index (χ0n) is 15.3. The first-order valence-electron chi connectivity index (χ1n) is 8.74. The summed E-state index contributed by atoms with van der Waals surface area (Å²) in [5.74, 6) is 1.18. The van der Waals surface area contributed by atoms with Crippen LogP contribution in [-0.2, 0) is 19.7 Å². The Morgan fingerprint density at radius 1 is 0.786 bits per heavy atom. The van der Waals surface area contributed by atoms with Crippen molar-refractivity contribution in [3.63, 3.8) is 0 Å². The van der Waals surface area contributed by atoms with Gasteiger partial charge in [-0.3, -0.25) is 0 Å². The molecule has 0 unspecified atom stereocenters. The van der Waals surface area contributed by atoms with Gasteiger partial charge in [-0.1, -0.05) is 71.2 Å². The van der Waals surface area contributed by atoms with Gasteiger partial charge in [0.25, 0.3) is 0 Å². The molecule has 0 aromatic heterocycles. The molecule has 3 aromatic carbocycles. The van der Waals surface area contributed by atoms with Crippen LogP contribution in [0.1, 0.15) is 16.7 Å². The fourth-order valence-electron chi connectivity index (χ4n) is 2.72. The zero-order valence-corrected chi connectivity index (χ0v) is 17.6. The highest BCUT2D eigenvalue weighted by atomic mass is 35.5. The van der Waals surface area contributed by atoms with Crippen molar-refractivity contribution >= 4 is 34.8 Å². The van der Waals surface area contributed by atoms with Crippen LogP contribution < -0.4 is 14.8 Å². The lowest BCUT2D eigenvalue weighted by Gasteiger charge is -2.15. The van der Waals surface area contributed by atoms with Crippen molar-refractivity contribution in [2.24, 2.45) is 0 Å². The molecule has 0 atom stereocenters. The maximum absolute atomic E-state index is 6.45. The number of halogens is 3. The lowest BCUT2D eigenvalue weighted by atomic mass is 10.1. The molecule has 0 aliphatic rings. The predicted molar refractivity (Wildman–Crippen MR) is 116 cm³/mol. The van der Waals surface area contributed by atoms with Crippen LogP contribution >= 0.6 is 34.8 Å². The Hall–Kier alpha value is -1.91. The summed E-state index contributed by atoms with van der Waals surface area (Å²) in [5.41, 5.74) is 2.98. The molecule has 3 aromatic rings. The topological polar surface area (TPSA) is 30.5 Å². The third kappa shape index (κ3) is 5.55. The molecule has 3 nitrogen and oxygen atoms in total. The van der Waals surface area contributed by atoms with E-state index in [0.29, 0.717) is 33.1 Å². The molecule has 0 spiro atoms. The van der Waals surface area contributed by atoms with Crippen molar-refractivity contribution in [3.8, 4) is 11.5 Å². The SMILES string of the molecule is COc1cc(CNCc2ccccc2)c(Cl)cc1OCc1ccc(Cl)cc1Cl. The van der Waals surface area contributed by atoms with E-state index in [0.717, 1.165) is 17.7 Å². The second-order valence-electron chi connectivity index (χ2n) is 6.21. The minimum absolute atomic E-state index is 0.286. The number of hydrogen-bond donors (Lipinski definition) is 1. The summed E-state index contributed by atoms with van der Waals surface area (Å²) in [4.78, 5) is 0. The highest BCUT2D eigenvalue weighted by Gasteiger charge is 2.12. The Morgan fingerprint density at radius 3 is 2.25 bits per heavy atom. The minimum Gasteiger partial charge on any atom is -0.493 e. The van der Waals surface area contributed by atoms with Crippen LogP contribution in [0.3, 0.4) is 0 Å². The average Bonchev–Trinajstić information content (AvgIpc) is 2.69. The standard InChI is InChI=1S/C22H20Cl3NO2/c1-27-21-9-17(13-26-12-15-5-3-2-4-6-15)20(25)11-22(21)28-14-16-7-8-18(23)10-19(16)24/h2-11,26H,12-14H2,1H3. The first kappa shape index (κ1) is 20.8. The third-order valence-corrected chi connectivity index (χ3v) is 5.16. The van der Waals surface area contributed by atoms with Gasteiger partial charge in [-0.15, -0.1) is 0 Å². The second kappa shape index (κ2) is 10.0. The summed E-state index contributed by atoms with van der Waals surface area (Å²) in [5, 5.41) is 5.14. The van der Waals surface area contributed by atoms with E-state index < -0.39 is 0 Å². The average molecular weight is 437 g/mol. The van der Waals surface area contributed by atoms with Crippen molar-refractivity contribution < 1.29 is 9.47 Å². The summed E-state index contributed by atoms with van der Waals surface area (Å²) in [6, 6.07) is 19.1. The van der Waals surface area contributed by atoms with Gasteiger partial charge in [-0.05, 0) is 29.3 Å². The van der Waals surface area contributed by atoms with Crippen LogP contribution in [0, 0.1) is 0 Å². The molecule has 0 heterocycles. The van der Waals surface area contributed by atoms with Gasteiger partial charge in [0, 0.05) is 39.8 Å². The Bertz CT molecular complexity index is 933.